The molecule has 0 bridgehead atoms. The summed E-state index contributed by atoms with van der Waals surface area (Å²) in [7, 11) is 1.52. The summed E-state index contributed by atoms with van der Waals surface area (Å²) < 4.78 is 2.07. The molecule has 2 heterocycles. The van der Waals surface area contributed by atoms with Gasteiger partial charge in [0.2, 0.25) is 5.91 Å². The van der Waals surface area contributed by atoms with Gasteiger partial charge >= 0.3 is 5.69 Å². The molecule has 2 aromatic heterocycles. The third-order valence-corrected chi connectivity index (χ3v) is 6.00. The molecule has 2 rings (SSSR count). The number of amides is 2. The van der Waals surface area contributed by atoms with Crippen molar-refractivity contribution in [3.8, 4) is 0 Å². The average Bonchev–Trinajstić information content (AvgIpc) is 3.09. The maximum Gasteiger partial charge on any atom is 0.330 e. The number of thiophene rings is 1. The molecule has 0 aliphatic carbocycles. The zero-order chi connectivity index (χ0) is 23.5. The van der Waals surface area contributed by atoms with Crippen LogP contribution in [0.3, 0.4) is 0 Å². The molecule has 170 valence electrons. The fraction of sp³-hybridized carbons (Fsp3) is 0.500. The molecule has 0 saturated heterocycles. The minimum atomic E-state index is -0.729. The van der Waals surface area contributed by atoms with Crippen LogP contribution in [-0.2, 0) is 11.3 Å². The molecule has 0 atom stereocenters. The fourth-order valence-electron chi connectivity index (χ4n) is 3.04. The number of nitrogens with two attached hydrogens (primary N) is 1. The van der Waals surface area contributed by atoms with Crippen LogP contribution in [-0.4, -0.2) is 46.4 Å². The van der Waals surface area contributed by atoms with Gasteiger partial charge in [0.15, 0.2) is 5.69 Å². The van der Waals surface area contributed by atoms with Gasteiger partial charge in [0.25, 0.3) is 11.5 Å². The molecule has 2 amide bonds. The minimum absolute atomic E-state index is 0.0162. The van der Waals surface area contributed by atoms with E-state index in [0.29, 0.717) is 11.4 Å². The zero-order valence-corrected chi connectivity index (χ0v) is 20.7. The van der Waals surface area contributed by atoms with E-state index >= 15 is 0 Å². The van der Waals surface area contributed by atoms with Gasteiger partial charge < -0.3 is 15.5 Å². The van der Waals surface area contributed by atoms with Crippen molar-refractivity contribution in [2.45, 2.75) is 34.2 Å². The highest BCUT2D eigenvalue weighted by Gasteiger charge is 2.27. The van der Waals surface area contributed by atoms with Crippen LogP contribution in [0, 0.1) is 11.8 Å². The highest BCUT2D eigenvalue weighted by Crippen LogP contribution is 2.24. The van der Waals surface area contributed by atoms with Gasteiger partial charge in [0.05, 0.1) is 8.66 Å². The van der Waals surface area contributed by atoms with Gasteiger partial charge in [0, 0.05) is 20.1 Å². The van der Waals surface area contributed by atoms with E-state index in [4.69, 9.17) is 5.73 Å². The van der Waals surface area contributed by atoms with Crippen molar-refractivity contribution < 1.29 is 9.59 Å². The number of carbonyl (C=O) groups excluding carboxylic acids is 2. The Kier molecular flexibility index (Phi) is 8.24. The molecule has 31 heavy (non-hydrogen) atoms. The van der Waals surface area contributed by atoms with E-state index in [0.717, 1.165) is 3.79 Å². The summed E-state index contributed by atoms with van der Waals surface area (Å²) in [5, 5.41) is 0. The number of likely N-dealkylation sites (N-methyl/N-ethyl adjacent to an activating group) is 1. The predicted octanol–water partition coefficient (Wildman–Crippen LogP) is 2.36. The topological polar surface area (TPSA) is 121 Å². The Labute approximate surface area is 193 Å². The SMILES string of the molecule is CC(C)CN(C(=O)CN(C)C(=O)c1ccc(Br)s1)c1c(N)n(CC(C)C)c(=O)[nH]c1=O. The van der Waals surface area contributed by atoms with Crippen LogP contribution in [0.1, 0.15) is 37.4 Å². The lowest BCUT2D eigenvalue weighted by atomic mass is 10.2. The summed E-state index contributed by atoms with van der Waals surface area (Å²) in [5.41, 5.74) is 4.78. The second kappa shape index (κ2) is 10.3. The molecule has 2 aromatic rings. The highest BCUT2D eigenvalue weighted by molar-refractivity contribution is 9.11. The lowest BCUT2D eigenvalue weighted by Gasteiger charge is -2.28. The highest BCUT2D eigenvalue weighted by atomic mass is 79.9. The summed E-state index contributed by atoms with van der Waals surface area (Å²) in [5.74, 6) is -0.718. The van der Waals surface area contributed by atoms with E-state index in [1.807, 2.05) is 27.7 Å². The Bertz CT molecular complexity index is 1070. The first-order valence-electron chi connectivity index (χ1n) is 9.86. The van der Waals surface area contributed by atoms with Crippen molar-refractivity contribution in [2.24, 2.45) is 11.8 Å². The van der Waals surface area contributed by atoms with Crippen LogP contribution in [0.5, 0.6) is 0 Å². The molecular weight excluding hydrogens is 486 g/mol. The lowest BCUT2D eigenvalue weighted by molar-refractivity contribution is -0.119. The predicted molar refractivity (Wildman–Crippen MR) is 127 cm³/mol. The molecule has 0 fully saturated rings. The number of aromatic amines is 1. The number of hydrogen-bond acceptors (Lipinski definition) is 6. The number of nitrogens with one attached hydrogen (secondary N) is 1. The molecule has 0 radical (unpaired) electrons. The van der Waals surface area contributed by atoms with Gasteiger partial charge in [0.1, 0.15) is 12.4 Å². The Morgan fingerprint density at radius 2 is 1.84 bits per heavy atom. The second-order valence-electron chi connectivity index (χ2n) is 8.16. The number of nitrogen functional groups attached to an aromatic ring is 1. The van der Waals surface area contributed by atoms with Crippen molar-refractivity contribution in [1.29, 1.82) is 0 Å². The number of rotatable bonds is 8. The molecule has 0 aliphatic heterocycles. The molecule has 0 spiro atoms. The van der Waals surface area contributed by atoms with Crippen molar-refractivity contribution >= 4 is 50.6 Å². The second-order valence-corrected chi connectivity index (χ2v) is 10.6. The molecule has 0 aromatic carbocycles. The minimum Gasteiger partial charge on any atom is -0.383 e. The van der Waals surface area contributed by atoms with E-state index < -0.39 is 17.2 Å². The average molecular weight is 514 g/mol. The van der Waals surface area contributed by atoms with Crippen molar-refractivity contribution in [3.05, 3.63) is 41.6 Å². The molecule has 3 N–H and O–H groups in total. The van der Waals surface area contributed by atoms with Crippen LogP contribution in [0.15, 0.2) is 25.5 Å². The summed E-state index contributed by atoms with van der Waals surface area (Å²) >= 11 is 4.59. The smallest absolute Gasteiger partial charge is 0.330 e. The summed E-state index contributed by atoms with van der Waals surface area (Å²) in [6.45, 7) is 7.87. The van der Waals surface area contributed by atoms with Crippen molar-refractivity contribution in [1.82, 2.24) is 14.5 Å². The summed E-state index contributed by atoms with van der Waals surface area (Å²) in [6.07, 6.45) is 0. The molecule has 0 saturated carbocycles. The first kappa shape index (κ1) is 24.9. The summed E-state index contributed by atoms with van der Waals surface area (Å²) in [6, 6.07) is 3.44. The molecule has 9 nitrogen and oxygen atoms in total. The van der Waals surface area contributed by atoms with E-state index in [1.165, 1.54) is 32.8 Å². The number of aromatic nitrogens is 2. The summed E-state index contributed by atoms with van der Waals surface area (Å²) in [4.78, 5) is 56.0. The number of anilines is 2. The zero-order valence-electron chi connectivity index (χ0n) is 18.3. The fourth-order valence-corrected chi connectivity index (χ4v) is 4.43. The third-order valence-electron chi connectivity index (χ3n) is 4.38. The molecule has 0 unspecified atom stereocenters. The van der Waals surface area contributed by atoms with Crippen LogP contribution in [0.2, 0.25) is 0 Å². The maximum absolute atomic E-state index is 13.2. The van der Waals surface area contributed by atoms with Crippen LogP contribution in [0.4, 0.5) is 11.5 Å². The normalized spacial score (nSPS) is 11.2. The van der Waals surface area contributed by atoms with Crippen LogP contribution in [0.25, 0.3) is 0 Å². The van der Waals surface area contributed by atoms with E-state index in [-0.39, 0.29) is 42.3 Å². The van der Waals surface area contributed by atoms with E-state index in [9.17, 15) is 19.2 Å². The number of carbonyl (C=O) groups is 2. The molecule has 0 aliphatic rings. The Hall–Kier alpha value is -2.40. The van der Waals surface area contributed by atoms with Gasteiger partial charge in [-0.1, -0.05) is 27.7 Å². The maximum atomic E-state index is 13.2. The van der Waals surface area contributed by atoms with Gasteiger partial charge in [-0.05, 0) is 39.9 Å². The van der Waals surface area contributed by atoms with Crippen LogP contribution >= 0.6 is 27.3 Å². The monoisotopic (exact) mass is 513 g/mol. The standard InChI is InChI=1S/C20H28BrN5O4S/c1-11(2)8-25(15(27)10-24(5)19(29)13-6-7-14(21)31-13)16-17(22)26(9-12(3)4)20(30)23-18(16)28/h6-7,11-12H,8-10,22H2,1-5H3,(H,23,28,30). The Morgan fingerprint density at radius 3 is 2.35 bits per heavy atom. The van der Waals surface area contributed by atoms with Gasteiger partial charge in [-0.3, -0.25) is 23.9 Å². The van der Waals surface area contributed by atoms with E-state index in [2.05, 4.69) is 20.9 Å². The Balaban J connectivity index is 2.41. The van der Waals surface area contributed by atoms with Crippen molar-refractivity contribution in [3.63, 3.8) is 0 Å². The molecular formula is C20H28BrN5O4S. The first-order chi connectivity index (χ1) is 14.4. The number of hydrogen-bond donors (Lipinski definition) is 2. The first-order valence-corrected chi connectivity index (χ1v) is 11.5. The third kappa shape index (κ3) is 6.07. The lowest BCUT2D eigenvalue weighted by Crippen LogP contribution is -2.47. The van der Waals surface area contributed by atoms with Crippen LogP contribution < -0.4 is 21.9 Å². The van der Waals surface area contributed by atoms with Gasteiger partial charge in [-0.25, -0.2) is 4.79 Å². The number of nitrogens with zero attached hydrogens (tertiary/aromatic N) is 3. The van der Waals surface area contributed by atoms with E-state index in [1.54, 1.807) is 12.1 Å². The Morgan fingerprint density at radius 1 is 1.19 bits per heavy atom. The number of halogens is 1. The largest absolute Gasteiger partial charge is 0.383 e. The molecule has 11 heteroatoms. The quantitative estimate of drug-likeness (QED) is 0.560. The van der Waals surface area contributed by atoms with Gasteiger partial charge in [-0.15, -0.1) is 11.3 Å². The van der Waals surface area contributed by atoms with Gasteiger partial charge in [-0.2, -0.15) is 0 Å². The van der Waals surface area contributed by atoms with Crippen molar-refractivity contribution in [2.75, 3.05) is 30.8 Å². The number of H-pyrrole nitrogens is 1.